The summed E-state index contributed by atoms with van der Waals surface area (Å²) >= 11 is 0. The Balaban J connectivity index is 0.000000845. The summed E-state index contributed by atoms with van der Waals surface area (Å²) in [5.74, 6) is 0. The molecule has 1 aliphatic carbocycles. The molecular formula is C10H13ClFN. The first kappa shape index (κ1) is 10.5. The van der Waals surface area contributed by atoms with Crippen molar-refractivity contribution in [2.75, 3.05) is 0 Å². The monoisotopic (exact) mass is 201 g/mol. The Labute approximate surface area is 83.5 Å². The van der Waals surface area contributed by atoms with Crippen molar-refractivity contribution >= 4 is 12.4 Å². The van der Waals surface area contributed by atoms with Crippen LogP contribution in [0.3, 0.4) is 0 Å². The number of nitrogens with two attached hydrogens (primary N) is 1. The van der Waals surface area contributed by atoms with Gasteiger partial charge < -0.3 is 5.73 Å². The molecule has 1 fully saturated rings. The average molecular weight is 202 g/mol. The summed E-state index contributed by atoms with van der Waals surface area (Å²) < 4.78 is 13.6. The molecule has 13 heavy (non-hydrogen) atoms. The van der Waals surface area contributed by atoms with E-state index in [1.165, 1.54) is 0 Å². The fourth-order valence-corrected chi connectivity index (χ4v) is 1.42. The lowest BCUT2D eigenvalue weighted by Crippen LogP contribution is -2.12. The summed E-state index contributed by atoms with van der Waals surface area (Å²) in [5.41, 5.74) is 6.14. The SMILES string of the molecule is Cc1ccc([C@@]2(F)C[C@@H]2N)cc1.Cl. The number of alkyl halides is 1. The third-order valence-corrected chi connectivity index (χ3v) is 2.48. The van der Waals surface area contributed by atoms with Gasteiger partial charge in [0.15, 0.2) is 5.67 Å². The van der Waals surface area contributed by atoms with Gasteiger partial charge in [0.2, 0.25) is 0 Å². The van der Waals surface area contributed by atoms with Gasteiger partial charge in [-0.15, -0.1) is 12.4 Å². The van der Waals surface area contributed by atoms with Crippen LogP contribution in [0.5, 0.6) is 0 Å². The molecule has 1 aliphatic rings. The van der Waals surface area contributed by atoms with Crippen molar-refractivity contribution in [2.45, 2.75) is 25.1 Å². The lowest BCUT2D eigenvalue weighted by molar-refractivity contribution is 0.306. The van der Waals surface area contributed by atoms with E-state index in [0.717, 1.165) is 11.1 Å². The second kappa shape index (κ2) is 3.28. The molecule has 2 rings (SSSR count). The van der Waals surface area contributed by atoms with Crippen molar-refractivity contribution in [3.05, 3.63) is 35.4 Å². The van der Waals surface area contributed by atoms with Crippen LogP contribution in [0.4, 0.5) is 4.39 Å². The van der Waals surface area contributed by atoms with Gasteiger partial charge in [-0.05, 0) is 12.5 Å². The standard InChI is InChI=1S/C10H12FN.ClH/c1-7-2-4-8(5-3-7)10(11)6-9(10)12;/h2-5,9H,6,12H2,1H3;1H/t9-,10-;/m0./s1. The summed E-state index contributed by atoms with van der Waals surface area (Å²) in [6, 6.07) is 7.19. The molecule has 72 valence electrons. The first-order valence-corrected chi connectivity index (χ1v) is 4.14. The van der Waals surface area contributed by atoms with Crippen molar-refractivity contribution in [1.82, 2.24) is 0 Å². The zero-order valence-electron chi connectivity index (χ0n) is 7.46. The Kier molecular flexibility index (Phi) is 2.64. The second-order valence-electron chi connectivity index (χ2n) is 3.54. The van der Waals surface area contributed by atoms with Crippen LogP contribution in [0.2, 0.25) is 0 Å². The van der Waals surface area contributed by atoms with Crippen molar-refractivity contribution < 1.29 is 4.39 Å². The van der Waals surface area contributed by atoms with E-state index in [-0.39, 0.29) is 18.4 Å². The van der Waals surface area contributed by atoms with Crippen molar-refractivity contribution in [3.8, 4) is 0 Å². The number of hydrogen-bond donors (Lipinski definition) is 1. The van der Waals surface area contributed by atoms with Gasteiger partial charge in [0, 0.05) is 12.5 Å². The smallest absolute Gasteiger partial charge is 0.152 e. The highest BCUT2D eigenvalue weighted by Crippen LogP contribution is 2.48. The summed E-state index contributed by atoms with van der Waals surface area (Å²) in [6.45, 7) is 1.99. The van der Waals surface area contributed by atoms with Crippen LogP contribution in [0.1, 0.15) is 17.5 Å². The van der Waals surface area contributed by atoms with Gasteiger partial charge in [-0.1, -0.05) is 29.8 Å². The minimum atomic E-state index is -1.23. The highest BCUT2D eigenvalue weighted by atomic mass is 35.5. The van der Waals surface area contributed by atoms with E-state index in [4.69, 9.17) is 5.73 Å². The van der Waals surface area contributed by atoms with E-state index in [1.807, 2.05) is 31.2 Å². The third-order valence-electron chi connectivity index (χ3n) is 2.48. The van der Waals surface area contributed by atoms with Crippen LogP contribution in [0.25, 0.3) is 0 Å². The van der Waals surface area contributed by atoms with Crippen LogP contribution in [0.15, 0.2) is 24.3 Å². The Morgan fingerprint density at radius 2 is 1.85 bits per heavy atom. The Morgan fingerprint density at radius 1 is 1.38 bits per heavy atom. The summed E-state index contributed by atoms with van der Waals surface area (Å²) in [5, 5.41) is 0. The second-order valence-corrected chi connectivity index (χ2v) is 3.54. The van der Waals surface area contributed by atoms with Gasteiger partial charge in [0.05, 0.1) is 0 Å². The van der Waals surface area contributed by atoms with E-state index < -0.39 is 5.67 Å². The summed E-state index contributed by atoms with van der Waals surface area (Å²) in [7, 11) is 0. The lowest BCUT2D eigenvalue weighted by Gasteiger charge is -2.05. The highest BCUT2D eigenvalue weighted by Gasteiger charge is 2.54. The van der Waals surface area contributed by atoms with Gasteiger partial charge in [-0.25, -0.2) is 4.39 Å². The maximum absolute atomic E-state index is 13.6. The molecule has 0 saturated heterocycles. The molecule has 0 heterocycles. The van der Waals surface area contributed by atoms with Gasteiger partial charge in [-0.2, -0.15) is 0 Å². The zero-order chi connectivity index (χ0) is 8.77. The van der Waals surface area contributed by atoms with Gasteiger partial charge in [0.1, 0.15) is 0 Å². The molecule has 0 amide bonds. The van der Waals surface area contributed by atoms with E-state index in [2.05, 4.69) is 0 Å². The Hall–Kier alpha value is -0.600. The highest BCUT2D eigenvalue weighted by molar-refractivity contribution is 5.85. The Morgan fingerprint density at radius 3 is 2.23 bits per heavy atom. The van der Waals surface area contributed by atoms with Crippen LogP contribution < -0.4 is 5.73 Å². The normalized spacial score (nSPS) is 30.8. The molecule has 0 spiro atoms. The number of aryl methyl sites for hydroxylation is 1. The molecule has 3 heteroatoms. The van der Waals surface area contributed by atoms with Gasteiger partial charge in [0.25, 0.3) is 0 Å². The minimum absolute atomic E-state index is 0. The molecule has 1 nitrogen and oxygen atoms in total. The average Bonchev–Trinajstić information content (AvgIpc) is 2.62. The fraction of sp³-hybridized carbons (Fsp3) is 0.400. The molecule has 0 aromatic heterocycles. The van der Waals surface area contributed by atoms with Crippen LogP contribution in [-0.4, -0.2) is 6.04 Å². The molecule has 1 aromatic rings. The number of halogens is 2. The molecule has 2 N–H and O–H groups in total. The quantitative estimate of drug-likeness (QED) is 0.742. The maximum Gasteiger partial charge on any atom is 0.152 e. The predicted octanol–water partition coefficient (Wildman–Crippen LogP) is 2.31. The van der Waals surface area contributed by atoms with Crippen molar-refractivity contribution in [1.29, 1.82) is 0 Å². The number of hydrogen-bond acceptors (Lipinski definition) is 1. The van der Waals surface area contributed by atoms with Crippen LogP contribution in [0, 0.1) is 6.92 Å². The van der Waals surface area contributed by atoms with Gasteiger partial charge >= 0.3 is 0 Å². The zero-order valence-corrected chi connectivity index (χ0v) is 8.27. The largest absolute Gasteiger partial charge is 0.325 e. The van der Waals surface area contributed by atoms with Gasteiger partial charge in [-0.3, -0.25) is 0 Å². The molecule has 1 aromatic carbocycles. The maximum atomic E-state index is 13.6. The molecule has 1 saturated carbocycles. The van der Waals surface area contributed by atoms with Crippen molar-refractivity contribution in [2.24, 2.45) is 5.73 Å². The molecule has 0 unspecified atom stereocenters. The first-order valence-electron chi connectivity index (χ1n) is 4.14. The van der Waals surface area contributed by atoms with Crippen LogP contribution in [-0.2, 0) is 5.67 Å². The Bertz CT molecular complexity index is 298. The lowest BCUT2D eigenvalue weighted by atomic mass is 10.1. The summed E-state index contributed by atoms with van der Waals surface area (Å²) in [4.78, 5) is 0. The number of rotatable bonds is 1. The topological polar surface area (TPSA) is 26.0 Å². The fourth-order valence-electron chi connectivity index (χ4n) is 1.42. The third kappa shape index (κ3) is 1.69. The predicted molar refractivity (Wildman–Crippen MR) is 53.8 cm³/mol. The van der Waals surface area contributed by atoms with E-state index in [9.17, 15) is 4.39 Å². The first-order chi connectivity index (χ1) is 5.63. The van der Waals surface area contributed by atoms with E-state index in [1.54, 1.807) is 0 Å². The number of benzene rings is 1. The van der Waals surface area contributed by atoms with Crippen LogP contribution >= 0.6 is 12.4 Å². The minimum Gasteiger partial charge on any atom is -0.325 e. The molecule has 2 atom stereocenters. The summed E-state index contributed by atoms with van der Waals surface area (Å²) in [6.07, 6.45) is 0.468. The molecule has 0 bridgehead atoms. The molecule has 0 radical (unpaired) electrons. The molecular weight excluding hydrogens is 189 g/mol. The van der Waals surface area contributed by atoms with E-state index >= 15 is 0 Å². The molecule has 0 aliphatic heterocycles. The van der Waals surface area contributed by atoms with E-state index in [0.29, 0.717) is 6.42 Å². The van der Waals surface area contributed by atoms with Crippen molar-refractivity contribution in [3.63, 3.8) is 0 Å².